The minimum Gasteiger partial charge on any atom is -0.273 e. The predicted octanol–water partition coefficient (Wildman–Crippen LogP) is 1.40. The van der Waals surface area contributed by atoms with E-state index in [4.69, 9.17) is 0 Å². The molecule has 0 atom stereocenters. The molecule has 0 aliphatic carbocycles. The monoisotopic (exact) mass is 347 g/mol. The molecule has 1 N–H and O–H groups in total. The number of nitrogens with one attached hydrogen (secondary N) is 1. The summed E-state index contributed by atoms with van der Waals surface area (Å²) in [5.41, 5.74) is 2.42. The van der Waals surface area contributed by atoms with Gasteiger partial charge in [-0.15, -0.1) is 11.3 Å². The molecule has 0 unspecified atom stereocenters. The van der Waals surface area contributed by atoms with Gasteiger partial charge in [-0.25, -0.2) is 18.1 Å². The lowest BCUT2D eigenvalue weighted by Gasteiger charge is -2.29. The Morgan fingerprint density at radius 3 is 2.73 bits per heavy atom. The van der Waals surface area contributed by atoms with E-state index in [1.807, 2.05) is 0 Å². The Morgan fingerprint density at radius 2 is 2.18 bits per heavy atom. The van der Waals surface area contributed by atoms with Crippen molar-refractivity contribution < 1.29 is 17.6 Å². The quantitative estimate of drug-likeness (QED) is 0.646. The van der Waals surface area contributed by atoms with Crippen LogP contribution in [0.25, 0.3) is 0 Å². The smallest absolute Gasteiger partial charge is 0.243 e. The van der Waals surface area contributed by atoms with E-state index in [9.17, 15) is 17.6 Å². The molecule has 1 saturated heterocycles. The fraction of sp³-hybridized carbons (Fsp3) is 0.538. The van der Waals surface area contributed by atoms with Crippen LogP contribution in [0.2, 0.25) is 0 Å². The largest absolute Gasteiger partial charge is 0.273 e. The molecule has 1 aliphatic heterocycles. The predicted molar refractivity (Wildman–Crippen MR) is 83.8 cm³/mol. The average molecular weight is 347 g/mol. The number of halogens is 1. The Morgan fingerprint density at radius 1 is 1.50 bits per heavy atom. The van der Waals surface area contributed by atoms with E-state index >= 15 is 0 Å². The molecule has 0 spiro atoms. The lowest BCUT2D eigenvalue weighted by atomic mass is 9.98. The van der Waals surface area contributed by atoms with Crippen molar-refractivity contribution in [3.63, 3.8) is 0 Å². The number of nitrogens with zero attached hydrogens (tertiary/aromatic N) is 2. The molecule has 9 heteroatoms. The Kier molecular flexibility index (Phi) is 5.65. The average Bonchev–Trinajstić information content (AvgIpc) is 2.93. The Labute approximate surface area is 133 Å². The highest BCUT2D eigenvalue weighted by molar-refractivity contribution is 7.89. The molecule has 22 heavy (non-hydrogen) atoms. The van der Waals surface area contributed by atoms with Gasteiger partial charge in [0, 0.05) is 19.0 Å². The van der Waals surface area contributed by atoms with Gasteiger partial charge in [-0.3, -0.25) is 4.79 Å². The second-order valence-corrected chi connectivity index (χ2v) is 8.27. The molecule has 0 saturated carbocycles. The van der Waals surface area contributed by atoms with Crippen molar-refractivity contribution in [2.24, 2.45) is 11.0 Å². The number of hydrogen-bond acceptors (Lipinski definition) is 5. The summed E-state index contributed by atoms with van der Waals surface area (Å²) in [7, 11) is -3.18. The number of carbonyl (C=O) groups is 1. The number of carbonyl (C=O) groups excluding carboxylic acids is 1. The molecule has 1 aromatic rings. The molecule has 1 amide bonds. The molecule has 122 valence electrons. The van der Waals surface area contributed by atoms with Gasteiger partial charge in [-0.1, -0.05) is 0 Å². The van der Waals surface area contributed by atoms with E-state index in [1.54, 1.807) is 13.0 Å². The molecule has 1 aromatic heterocycles. The zero-order valence-corrected chi connectivity index (χ0v) is 13.8. The fourth-order valence-electron chi connectivity index (χ4n) is 2.23. The highest BCUT2D eigenvalue weighted by Gasteiger charge is 2.29. The summed E-state index contributed by atoms with van der Waals surface area (Å²) in [5, 5.41) is 3.49. The number of thiophene rings is 1. The number of hydrogen-bond donors (Lipinski definition) is 1. The molecule has 1 aliphatic rings. The van der Waals surface area contributed by atoms with Crippen LogP contribution in [0.3, 0.4) is 0 Å². The summed E-state index contributed by atoms with van der Waals surface area (Å²) in [5.74, 6) is -0.409. The minimum atomic E-state index is -3.18. The summed E-state index contributed by atoms with van der Waals surface area (Å²) in [6.07, 6.45) is 2.35. The molecular formula is C13H18FN3O3S2. The van der Waals surface area contributed by atoms with Crippen LogP contribution in [0.15, 0.2) is 17.2 Å². The van der Waals surface area contributed by atoms with E-state index in [1.165, 1.54) is 16.6 Å². The number of piperidine rings is 1. The van der Waals surface area contributed by atoms with Crippen molar-refractivity contribution in [2.75, 3.05) is 18.8 Å². The maximum atomic E-state index is 12.8. The maximum absolute atomic E-state index is 12.8. The van der Waals surface area contributed by atoms with Gasteiger partial charge >= 0.3 is 0 Å². The molecule has 0 radical (unpaired) electrons. The highest BCUT2D eigenvalue weighted by atomic mass is 32.2. The third-order valence-corrected chi connectivity index (χ3v) is 6.23. The Bertz CT molecular complexity index is 649. The Balaban J connectivity index is 1.81. The summed E-state index contributed by atoms with van der Waals surface area (Å²) >= 11 is 0.940. The molecule has 2 heterocycles. The molecule has 0 aromatic carbocycles. The zero-order chi connectivity index (χ0) is 16.2. The molecule has 6 nitrogen and oxygen atoms in total. The molecule has 2 rings (SSSR count). The number of sulfonamides is 1. The lowest BCUT2D eigenvalue weighted by Crippen LogP contribution is -2.42. The minimum absolute atomic E-state index is 0.0749. The maximum Gasteiger partial charge on any atom is 0.243 e. The van der Waals surface area contributed by atoms with Crippen LogP contribution in [0.5, 0.6) is 0 Å². The van der Waals surface area contributed by atoms with Gasteiger partial charge in [0.05, 0.1) is 16.8 Å². The molecular weight excluding hydrogens is 329 g/mol. The van der Waals surface area contributed by atoms with Gasteiger partial charge < -0.3 is 0 Å². The third-order valence-electron chi connectivity index (χ3n) is 3.54. The van der Waals surface area contributed by atoms with Crippen LogP contribution >= 0.6 is 11.3 Å². The van der Waals surface area contributed by atoms with E-state index < -0.39 is 10.0 Å². The van der Waals surface area contributed by atoms with Crippen molar-refractivity contribution in [3.05, 3.63) is 22.1 Å². The number of amides is 1. The normalized spacial score (nSPS) is 17.9. The molecule has 0 bridgehead atoms. The van der Waals surface area contributed by atoms with Gasteiger partial charge in [0.25, 0.3) is 0 Å². The Hall–Kier alpha value is -1.32. The summed E-state index contributed by atoms with van der Waals surface area (Å²) in [6, 6.07) is 2.90. The van der Waals surface area contributed by atoms with Crippen LogP contribution in [0.1, 0.15) is 24.6 Å². The van der Waals surface area contributed by atoms with E-state index in [-0.39, 0.29) is 22.7 Å². The van der Waals surface area contributed by atoms with Crippen molar-refractivity contribution in [1.29, 1.82) is 0 Å². The van der Waals surface area contributed by atoms with Gasteiger partial charge in [0.1, 0.15) is 0 Å². The fourth-order valence-corrected chi connectivity index (χ4v) is 3.96. The third kappa shape index (κ3) is 4.34. The van der Waals surface area contributed by atoms with Crippen molar-refractivity contribution in [3.8, 4) is 0 Å². The van der Waals surface area contributed by atoms with Crippen LogP contribution in [0.4, 0.5) is 4.39 Å². The van der Waals surface area contributed by atoms with Gasteiger partial charge in [-0.2, -0.15) is 9.49 Å². The first-order chi connectivity index (χ1) is 10.4. The first kappa shape index (κ1) is 17.0. The van der Waals surface area contributed by atoms with Crippen LogP contribution in [0, 0.1) is 11.0 Å². The van der Waals surface area contributed by atoms with E-state index in [0.717, 1.165) is 11.3 Å². The van der Waals surface area contributed by atoms with Gasteiger partial charge in [0.15, 0.2) is 5.13 Å². The van der Waals surface area contributed by atoms with Gasteiger partial charge in [-0.05, 0) is 31.9 Å². The van der Waals surface area contributed by atoms with E-state index in [2.05, 4.69) is 10.5 Å². The van der Waals surface area contributed by atoms with Crippen molar-refractivity contribution in [1.82, 2.24) is 9.73 Å². The highest BCUT2D eigenvalue weighted by Crippen LogP contribution is 2.20. The number of hydrazone groups is 1. The second-order valence-electron chi connectivity index (χ2n) is 4.95. The summed E-state index contributed by atoms with van der Waals surface area (Å²) in [4.78, 5) is 12.6. The number of rotatable bonds is 5. The summed E-state index contributed by atoms with van der Waals surface area (Å²) in [6.45, 7) is 2.32. The van der Waals surface area contributed by atoms with Crippen LogP contribution in [-0.4, -0.2) is 43.7 Å². The molecule has 1 fully saturated rings. The first-order valence-electron chi connectivity index (χ1n) is 6.98. The first-order valence-corrected chi connectivity index (χ1v) is 9.41. The van der Waals surface area contributed by atoms with Crippen LogP contribution < -0.4 is 5.43 Å². The SMILES string of the molecule is CCS(=O)(=O)N1CCC(C(=O)NN=Cc2ccc(F)s2)CC1. The van der Waals surface area contributed by atoms with Gasteiger partial charge in [0.2, 0.25) is 15.9 Å². The standard InChI is InChI=1S/C13H18FN3O3S2/c1-2-22(19,20)17-7-5-10(6-8-17)13(18)16-15-9-11-3-4-12(14)21-11/h3-4,9-10H,2,5-8H2,1H3,(H,16,18). The van der Waals surface area contributed by atoms with Crippen molar-refractivity contribution in [2.45, 2.75) is 19.8 Å². The van der Waals surface area contributed by atoms with Crippen LogP contribution in [-0.2, 0) is 14.8 Å². The lowest BCUT2D eigenvalue weighted by molar-refractivity contribution is -0.126. The topological polar surface area (TPSA) is 78.8 Å². The van der Waals surface area contributed by atoms with Crippen molar-refractivity contribution >= 4 is 33.5 Å². The zero-order valence-electron chi connectivity index (χ0n) is 12.2. The van der Waals surface area contributed by atoms with E-state index in [0.29, 0.717) is 30.8 Å². The summed E-state index contributed by atoms with van der Waals surface area (Å²) < 4.78 is 37.7. The second kappa shape index (κ2) is 7.30.